The van der Waals surface area contributed by atoms with Crippen LogP contribution in [0.15, 0.2) is 58.7 Å². The van der Waals surface area contributed by atoms with E-state index >= 15 is 0 Å². The molecule has 27 heavy (non-hydrogen) atoms. The molecule has 0 aliphatic carbocycles. The van der Waals surface area contributed by atoms with Crippen molar-refractivity contribution in [1.29, 1.82) is 0 Å². The first-order valence-electron chi connectivity index (χ1n) is 8.55. The number of fused-ring (bicyclic) bond motifs is 1. The van der Waals surface area contributed by atoms with Gasteiger partial charge in [-0.2, -0.15) is 15.2 Å². The zero-order valence-electron chi connectivity index (χ0n) is 14.8. The normalized spacial score (nSPS) is 14.0. The number of ether oxygens (including phenoxy) is 1. The van der Waals surface area contributed by atoms with Crippen LogP contribution in [0, 0.1) is 0 Å². The summed E-state index contributed by atoms with van der Waals surface area (Å²) in [6.07, 6.45) is 3.54. The SMILES string of the molecule is COC[C@H](Nc1nc(O)c(C=c2ccc3c(c2)C=NN=3)[nH]1)c1ccccc1. The van der Waals surface area contributed by atoms with Crippen LogP contribution < -0.4 is 15.9 Å². The molecule has 2 aromatic carbocycles. The Morgan fingerprint density at radius 1 is 1.22 bits per heavy atom. The van der Waals surface area contributed by atoms with Gasteiger partial charge in [-0.3, -0.25) is 0 Å². The molecule has 0 saturated heterocycles. The number of rotatable bonds is 6. The molecule has 0 spiro atoms. The van der Waals surface area contributed by atoms with Crippen molar-refractivity contribution in [2.75, 3.05) is 19.0 Å². The highest BCUT2D eigenvalue weighted by Crippen LogP contribution is 2.22. The first-order valence-corrected chi connectivity index (χ1v) is 8.55. The van der Waals surface area contributed by atoms with Crippen molar-refractivity contribution in [3.8, 4) is 5.88 Å². The molecule has 1 aliphatic rings. The van der Waals surface area contributed by atoms with Crippen LogP contribution in [0.25, 0.3) is 6.08 Å². The van der Waals surface area contributed by atoms with E-state index in [2.05, 4.69) is 25.5 Å². The minimum Gasteiger partial charge on any atom is -0.492 e. The lowest BCUT2D eigenvalue weighted by atomic mass is 10.1. The molecule has 136 valence electrons. The molecule has 4 rings (SSSR count). The number of hydrogen-bond acceptors (Lipinski definition) is 6. The maximum atomic E-state index is 10.2. The van der Waals surface area contributed by atoms with Gasteiger partial charge in [-0.1, -0.05) is 36.4 Å². The van der Waals surface area contributed by atoms with E-state index in [-0.39, 0.29) is 11.9 Å². The molecule has 7 nitrogen and oxygen atoms in total. The summed E-state index contributed by atoms with van der Waals surface area (Å²) in [5.41, 5.74) is 2.54. The predicted molar refractivity (Wildman–Crippen MR) is 103 cm³/mol. The lowest BCUT2D eigenvalue weighted by molar-refractivity contribution is 0.186. The number of aromatic amines is 1. The van der Waals surface area contributed by atoms with Crippen molar-refractivity contribution in [3.63, 3.8) is 0 Å². The quantitative estimate of drug-likeness (QED) is 0.623. The third kappa shape index (κ3) is 3.73. The van der Waals surface area contributed by atoms with Gasteiger partial charge in [-0.05, 0) is 29.0 Å². The molecule has 0 unspecified atom stereocenters. The number of aromatic hydroxyl groups is 1. The van der Waals surface area contributed by atoms with Crippen molar-refractivity contribution in [2.45, 2.75) is 6.04 Å². The fraction of sp³-hybridized carbons (Fsp3) is 0.150. The Labute approximate surface area is 155 Å². The summed E-state index contributed by atoms with van der Waals surface area (Å²) in [5, 5.41) is 23.2. The van der Waals surface area contributed by atoms with Crippen LogP contribution in [0.3, 0.4) is 0 Å². The minimum atomic E-state index is -0.0904. The fourth-order valence-electron chi connectivity index (χ4n) is 2.96. The molecular weight excluding hydrogens is 342 g/mol. The van der Waals surface area contributed by atoms with Crippen molar-refractivity contribution >= 4 is 18.2 Å². The standard InChI is InChI=1S/C20H19N5O2/c1-27-12-18(14-5-3-2-4-6-14)23-20-22-17(19(26)24-20)10-13-7-8-16-15(9-13)11-21-25-16/h2-11,18,26H,12H2,1H3,(H2,22,23,24)/t18-/m0/s1. The second-order valence-corrected chi connectivity index (χ2v) is 6.19. The van der Waals surface area contributed by atoms with Gasteiger partial charge in [0.15, 0.2) is 0 Å². The molecule has 3 N–H and O–H groups in total. The van der Waals surface area contributed by atoms with Gasteiger partial charge in [0.2, 0.25) is 11.8 Å². The minimum absolute atomic E-state index is 0.0689. The molecule has 2 heterocycles. The zero-order chi connectivity index (χ0) is 18.6. The van der Waals surface area contributed by atoms with Gasteiger partial charge < -0.3 is 20.1 Å². The first kappa shape index (κ1) is 17.0. The third-order valence-corrected chi connectivity index (χ3v) is 4.28. The van der Waals surface area contributed by atoms with Crippen LogP contribution >= 0.6 is 0 Å². The topological polar surface area (TPSA) is 94.9 Å². The summed E-state index contributed by atoms with van der Waals surface area (Å²) in [4.78, 5) is 7.30. The third-order valence-electron chi connectivity index (χ3n) is 4.28. The Bertz CT molecular complexity index is 1090. The molecule has 7 heteroatoms. The highest BCUT2D eigenvalue weighted by atomic mass is 16.5. The van der Waals surface area contributed by atoms with Crippen LogP contribution in [0.2, 0.25) is 0 Å². The summed E-state index contributed by atoms with van der Waals surface area (Å²) in [6, 6.07) is 15.6. The average molecular weight is 361 g/mol. The molecule has 3 aromatic rings. The highest BCUT2D eigenvalue weighted by Gasteiger charge is 2.14. The molecule has 1 aromatic heterocycles. The number of benzene rings is 2. The Morgan fingerprint density at radius 2 is 2.07 bits per heavy atom. The van der Waals surface area contributed by atoms with E-state index < -0.39 is 0 Å². The van der Waals surface area contributed by atoms with Gasteiger partial charge in [-0.25, -0.2) is 0 Å². The molecule has 0 radical (unpaired) electrons. The van der Waals surface area contributed by atoms with Gasteiger partial charge in [-0.15, -0.1) is 0 Å². The van der Waals surface area contributed by atoms with Gasteiger partial charge in [0.05, 0.1) is 24.2 Å². The van der Waals surface area contributed by atoms with Crippen molar-refractivity contribution in [2.24, 2.45) is 10.2 Å². The largest absolute Gasteiger partial charge is 0.492 e. The van der Waals surface area contributed by atoms with Crippen LogP contribution in [-0.4, -0.2) is 35.0 Å². The Morgan fingerprint density at radius 3 is 2.89 bits per heavy atom. The Hall–Kier alpha value is -3.45. The first-order chi connectivity index (χ1) is 13.2. The maximum Gasteiger partial charge on any atom is 0.238 e. The number of nitrogens with one attached hydrogen (secondary N) is 2. The fourth-order valence-corrected chi connectivity index (χ4v) is 2.96. The lowest BCUT2D eigenvalue weighted by Gasteiger charge is -2.17. The van der Waals surface area contributed by atoms with Crippen LogP contribution in [0.1, 0.15) is 22.9 Å². The summed E-state index contributed by atoms with van der Waals surface area (Å²) >= 11 is 0. The number of imidazole rings is 1. The van der Waals surface area contributed by atoms with E-state index in [1.54, 1.807) is 13.3 Å². The number of nitrogens with zero attached hydrogens (tertiary/aromatic N) is 3. The second-order valence-electron chi connectivity index (χ2n) is 6.19. The number of hydrogen-bond donors (Lipinski definition) is 3. The lowest BCUT2D eigenvalue weighted by Crippen LogP contribution is -2.17. The molecule has 0 bridgehead atoms. The number of anilines is 1. The van der Waals surface area contributed by atoms with Crippen LogP contribution in [0.4, 0.5) is 5.95 Å². The maximum absolute atomic E-state index is 10.2. The summed E-state index contributed by atoms with van der Waals surface area (Å²) in [6.45, 7) is 0.470. The molecule has 0 saturated carbocycles. The predicted octanol–water partition coefficient (Wildman–Crippen LogP) is 1.71. The van der Waals surface area contributed by atoms with Gasteiger partial charge >= 0.3 is 0 Å². The molecular formula is C20H19N5O2. The molecule has 0 fully saturated rings. The molecule has 0 amide bonds. The van der Waals surface area contributed by atoms with E-state index in [0.717, 1.165) is 21.7 Å². The zero-order valence-corrected chi connectivity index (χ0v) is 14.8. The van der Waals surface area contributed by atoms with E-state index in [1.807, 2.05) is 54.6 Å². The van der Waals surface area contributed by atoms with E-state index in [4.69, 9.17) is 4.74 Å². The van der Waals surface area contributed by atoms with Gasteiger partial charge in [0.1, 0.15) is 5.69 Å². The number of aromatic nitrogens is 2. The van der Waals surface area contributed by atoms with Gasteiger partial charge in [0, 0.05) is 12.7 Å². The van der Waals surface area contributed by atoms with E-state index in [0.29, 0.717) is 18.2 Å². The van der Waals surface area contributed by atoms with Crippen molar-refractivity contribution < 1.29 is 9.84 Å². The number of methoxy groups -OCH3 is 1. The molecule has 1 aliphatic heterocycles. The average Bonchev–Trinajstić information content (AvgIpc) is 3.28. The summed E-state index contributed by atoms with van der Waals surface area (Å²) in [5.74, 6) is 0.406. The van der Waals surface area contributed by atoms with E-state index in [1.165, 1.54) is 0 Å². The Balaban J connectivity index is 1.60. The van der Waals surface area contributed by atoms with E-state index in [9.17, 15) is 5.11 Å². The second kappa shape index (κ2) is 7.43. The van der Waals surface area contributed by atoms with Gasteiger partial charge in [0.25, 0.3) is 0 Å². The Kier molecular flexibility index (Phi) is 4.67. The number of H-pyrrole nitrogens is 1. The monoisotopic (exact) mass is 361 g/mol. The smallest absolute Gasteiger partial charge is 0.238 e. The van der Waals surface area contributed by atoms with Crippen molar-refractivity contribution in [1.82, 2.24) is 9.97 Å². The summed E-state index contributed by atoms with van der Waals surface area (Å²) < 4.78 is 5.31. The van der Waals surface area contributed by atoms with Crippen LogP contribution in [0.5, 0.6) is 5.88 Å². The highest BCUT2D eigenvalue weighted by molar-refractivity contribution is 5.80. The summed E-state index contributed by atoms with van der Waals surface area (Å²) in [7, 11) is 1.65. The van der Waals surface area contributed by atoms with Crippen LogP contribution in [-0.2, 0) is 4.74 Å². The molecule has 1 atom stereocenters. The van der Waals surface area contributed by atoms with Crippen molar-refractivity contribution in [3.05, 3.63) is 75.9 Å².